The van der Waals surface area contributed by atoms with Crippen LogP contribution in [0.2, 0.25) is 0 Å². The Hall–Kier alpha value is -3.65. The van der Waals surface area contributed by atoms with Gasteiger partial charge in [-0.25, -0.2) is 8.42 Å². The van der Waals surface area contributed by atoms with Crippen molar-refractivity contribution in [1.29, 1.82) is 0 Å². The highest BCUT2D eigenvalue weighted by atomic mass is 32.2. The zero-order chi connectivity index (χ0) is 29.6. The summed E-state index contributed by atoms with van der Waals surface area (Å²) in [5, 5.41) is 3.20. The zero-order valence-corrected chi connectivity index (χ0v) is 25.3. The summed E-state index contributed by atoms with van der Waals surface area (Å²) in [4.78, 5) is 29.7. The molecule has 8 heteroatoms. The average Bonchev–Trinajstić information content (AvgIpc) is 3.44. The zero-order valence-electron chi connectivity index (χ0n) is 24.5. The second kappa shape index (κ2) is 13.3. The van der Waals surface area contributed by atoms with Crippen molar-refractivity contribution in [3.05, 3.63) is 101 Å². The minimum Gasteiger partial charge on any atom is -0.352 e. The molecule has 0 unspecified atom stereocenters. The van der Waals surface area contributed by atoms with Gasteiger partial charge in [0.05, 0.1) is 11.9 Å². The molecule has 218 valence electrons. The van der Waals surface area contributed by atoms with Crippen LogP contribution >= 0.6 is 0 Å². The first kappa shape index (κ1) is 30.3. The van der Waals surface area contributed by atoms with Gasteiger partial charge in [-0.05, 0) is 61.9 Å². The summed E-state index contributed by atoms with van der Waals surface area (Å²) < 4.78 is 27.3. The molecule has 3 aromatic carbocycles. The quantitative estimate of drug-likeness (QED) is 0.346. The fraction of sp³-hybridized carbons (Fsp3) is 0.394. The first-order valence-electron chi connectivity index (χ1n) is 14.3. The maximum Gasteiger partial charge on any atom is 0.244 e. The molecule has 2 amide bonds. The van der Waals surface area contributed by atoms with E-state index in [-0.39, 0.29) is 18.5 Å². The molecule has 0 aliphatic heterocycles. The van der Waals surface area contributed by atoms with Gasteiger partial charge in [0.15, 0.2) is 0 Å². The molecule has 4 rings (SSSR count). The standard InChI is InChI=1S/C33H41N3O4S/c1-24-15-18-28(19-16-24)22-35(32(37)23-36(41(4,39)40)30-20-25(2)14-17-26(30)3)31(21-27-10-6-5-7-11-27)33(38)34-29-12-8-9-13-29/h5-7,10-11,14-20,29,31H,8-9,12-13,21-23H2,1-4H3,(H,34,38)/t31-/m0/s1. The van der Waals surface area contributed by atoms with Crippen LogP contribution in [0.5, 0.6) is 0 Å². The Labute approximate surface area is 244 Å². The first-order chi connectivity index (χ1) is 19.5. The fourth-order valence-electron chi connectivity index (χ4n) is 5.39. The van der Waals surface area contributed by atoms with Gasteiger partial charge in [-0.1, -0.05) is 85.1 Å². The van der Waals surface area contributed by atoms with Crippen LogP contribution in [0.1, 0.15) is 53.5 Å². The van der Waals surface area contributed by atoms with E-state index in [4.69, 9.17) is 0 Å². The smallest absolute Gasteiger partial charge is 0.244 e. The number of amides is 2. The predicted molar refractivity (Wildman–Crippen MR) is 164 cm³/mol. The van der Waals surface area contributed by atoms with Crippen LogP contribution < -0.4 is 9.62 Å². The number of hydrogen-bond acceptors (Lipinski definition) is 4. The summed E-state index contributed by atoms with van der Waals surface area (Å²) in [7, 11) is -3.80. The average molecular weight is 576 g/mol. The van der Waals surface area contributed by atoms with Crippen molar-refractivity contribution in [2.24, 2.45) is 0 Å². The van der Waals surface area contributed by atoms with Crippen molar-refractivity contribution in [2.75, 3.05) is 17.1 Å². The summed E-state index contributed by atoms with van der Waals surface area (Å²) in [6, 6.07) is 22.3. The molecule has 1 N–H and O–H groups in total. The number of aryl methyl sites for hydroxylation is 3. The molecule has 3 aromatic rings. The maximum absolute atomic E-state index is 14.3. The summed E-state index contributed by atoms with van der Waals surface area (Å²) in [6.07, 6.45) is 5.41. The monoisotopic (exact) mass is 575 g/mol. The summed E-state index contributed by atoms with van der Waals surface area (Å²) >= 11 is 0. The Morgan fingerprint density at radius 3 is 2.15 bits per heavy atom. The van der Waals surface area contributed by atoms with Crippen molar-refractivity contribution in [3.63, 3.8) is 0 Å². The normalized spacial score (nSPS) is 14.4. The van der Waals surface area contributed by atoms with E-state index in [0.29, 0.717) is 12.1 Å². The molecule has 0 bridgehead atoms. The van der Waals surface area contributed by atoms with Crippen molar-refractivity contribution in [2.45, 2.75) is 71.5 Å². The van der Waals surface area contributed by atoms with E-state index >= 15 is 0 Å². The first-order valence-corrected chi connectivity index (χ1v) is 16.1. The Balaban J connectivity index is 1.74. The lowest BCUT2D eigenvalue weighted by Gasteiger charge is -2.34. The van der Waals surface area contributed by atoms with Crippen LogP contribution in [0.4, 0.5) is 5.69 Å². The minimum absolute atomic E-state index is 0.0829. The summed E-state index contributed by atoms with van der Waals surface area (Å²) in [6.45, 7) is 5.48. The lowest BCUT2D eigenvalue weighted by atomic mass is 10.0. The SMILES string of the molecule is Cc1ccc(CN(C(=O)CN(c2cc(C)ccc2C)S(C)(=O)=O)[C@@H](Cc2ccccc2)C(=O)NC2CCCC2)cc1. The van der Waals surface area contributed by atoms with Gasteiger partial charge in [0.25, 0.3) is 0 Å². The Bertz CT molecular complexity index is 1450. The Morgan fingerprint density at radius 1 is 0.878 bits per heavy atom. The van der Waals surface area contributed by atoms with E-state index < -0.39 is 28.5 Å². The number of hydrogen-bond donors (Lipinski definition) is 1. The van der Waals surface area contributed by atoms with Crippen LogP contribution in [0, 0.1) is 20.8 Å². The number of benzene rings is 3. The van der Waals surface area contributed by atoms with Gasteiger partial charge >= 0.3 is 0 Å². The van der Waals surface area contributed by atoms with Gasteiger partial charge in [-0.15, -0.1) is 0 Å². The fourth-order valence-corrected chi connectivity index (χ4v) is 6.29. The molecule has 0 spiro atoms. The second-order valence-corrected chi connectivity index (χ2v) is 13.2. The topological polar surface area (TPSA) is 86.8 Å². The number of anilines is 1. The molecule has 41 heavy (non-hydrogen) atoms. The van der Waals surface area contributed by atoms with Crippen LogP contribution in [-0.4, -0.2) is 50.0 Å². The third-order valence-electron chi connectivity index (χ3n) is 7.76. The molecule has 1 saturated carbocycles. The highest BCUT2D eigenvalue weighted by molar-refractivity contribution is 7.92. The predicted octanol–water partition coefficient (Wildman–Crippen LogP) is 5.08. The van der Waals surface area contributed by atoms with Crippen LogP contribution in [0.3, 0.4) is 0 Å². The van der Waals surface area contributed by atoms with E-state index in [1.807, 2.05) is 87.5 Å². The third-order valence-corrected chi connectivity index (χ3v) is 8.89. The maximum atomic E-state index is 14.3. The van der Waals surface area contributed by atoms with E-state index in [9.17, 15) is 18.0 Å². The number of sulfonamides is 1. The lowest BCUT2D eigenvalue weighted by molar-refractivity contribution is -0.140. The van der Waals surface area contributed by atoms with Gasteiger partial charge in [0.2, 0.25) is 21.8 Å². The molecule has 1 aliphatic carbocycles. The molecule has 1 fully saturated rings. The van der Waals surface area contributed by atoms with Gasteiger partial charge in [0, 0.05) is 19.0 Å². The third kappa shape index (κ3) is 8.19. The van der Waals surface area contributed by atoms with Crippen molar-refractivity contribution < 1.29 is 18.0 Å². The van der Waals surface area contributed by atoms with Gasteiger partial charge in [-0.2, -0.15) is 0 Å². The number of nitrogens with zero attached hydrogens (tertiary/aromatic N) is 2. The van der Waals surface area contributed by atoms with E-state index in [0.717, 1.165) is 64.1 Å². The Morgan fingerprint density at radius 2 is 1.51 bits per heavy atom. The molecule has 1 atom stereocenters. The molecular formula is C33H41N3O4S. The molecule has 1 aliphatic rings. The van der Waals surface area contributed by atoms with E-state index in [2.05, 4.69) is 5.32 Å². The van der Waals surface area contributed by atoms with E-state index in [1.54, 1.807) is 11.0 Å². The van der Waals surface area contributed by atoms with Gasteiger partial charge in [0.1, 0.15) is 12.6 Å². The van der Waals surface area contributed by atoms with E-state index in [1.165, 1.54) is 0 Å². The molecule has 7 nitrogen and oxygen atoms in total. The molecule has 0 saturated heterocycles. The highest BCUT2D eigenvalue weighted by Gasteiger charge is 2.34. The number of rotatable bonds is 11. The highest BCUT2D eigenvalue weighted by Crippen LogP contribution is 2.25. The largest absolute Gasteiger partial charge is 0.352 e. The number of nitrogens with one attached hydrogen (secondary N) is 1. The lowest BCUT2D eigenvalue weighted by Crippen LogP contribution is -2.54. The van der Waals surface area contributed by atoms with Crippen LogP contribution in [0.25, 0.3) is 0 Å². The van der Waals surface area contributed by atoms with Crippen LogP contribution in [-0.2, 0) is 32.6 Å². The summed E-state index contributed by atoms with van der Waals surface area (Å²) in [5.74, 6) is -0.640. The number of carbonyl (C=O) groups is 2. The molecule has 0 aromatic heterocycles. The molecular weight excluding hydrogens is 534 g/mol. The molecule has 0 radical (unpaired) electrons. The van der Waals surface area contributed by atoms with Gasteiger partial charge in [-0.3, -0.25) is 13.9 Å². The van der Waals surface area contributed by atoms with Gasteiger partial charge < -0.3 is 10.2 Å². The van der Waals surface area contributed by atoms with Crippen molar-refractivity contribution >= 4 is 27.5 Å². The molecule has 0 heterocycles. The minimum atomic E-state index is -3.80. The van der Waals surface area contributed by atoms with Crippen molar-refractivity contribution in [1.82, 2.24) is 10.2 Å². The summed E-state index contributed by atoms with van der Waals surface area (Å²) in [5.41, 5.74) is 4.99. The Kier molecular flexibility index (Phi) is 9.86. The second-order valence-electron chi connectivity index (χ2n) is 11.3. The van der Waals surface area contributed by atoms with Crippen LogP contribution in [0.15, 0.2) is 72.8 Å². The van der Waals surface area contributed by atoms with Crippen molar-refractivity contribution in [3.8, 4) is 0 Å². The number of carbonyl (C=O) groups excluding carboxylic acids is 2.